The van der Waals surface area contributed by atoms with E-state index < -0.39 is 31.3 Å². The molecule has 1 N–H and O–H groups in total. The van der Waals surface area contributed by atoms with Gasteiger partial charge in [0.2, 0.25) is 10.0 Å². The first-order valence-electron chi connectivity index (χ1n) is 4.42. The van der Waals surface area contributed by atoms with Crippen LogP contribution in [0.3, 0.4) is 0 Å². The van der Waals surface area contributed by atoms with Crippen molar-refractivity contribution in [3.63, 3.8) is 0 Å². The van der Waals surface area contributed by atoms with E-state index in [0.29, 0.717) is 6.07 Å². The molecule has 0 saturated carbocycles. The van der Waals surface area contributed by atoms with Gasteiger partial charge in [-0.1, -0.05) is 6.92 Å². The van der Waals surface area contributed by atoms with E-state index in [9.17, 15) is 22.9 Å². The van der Waals surface area contributed by atoms with Crippen molar-refractivity contribution in [2.75, 3.05) is 6.54 Å². The van der Waals surface area contributed by atoms with E-state index in [0.717, 1.165) is 6.07 Å². The number of halogens is 2. The predicted molar refractivity (Wildman–Crippen MR) is 61.6 cm³/mol. The van der Waals surface area contributed by atoms with Crippen LogP contribution < -0.4 is 4.72 Å². The first-order chi connectivity index (χ1) is 7.79. The van der Waals surface area contributed by atoms with Gasteiger partial charge in [-0.3, -0.25) is 10.1 Å². The second kappa shape index (κ2) is 5.07. The number of sulfonamides is 1. The lowest BCUT2D eigenvalue weighted by molar-refractivity contribution is -0.385. The van der Waals surface area contributed by atoms with E-state index in [1.54, 1.807) is 0 Å². The average molecular weight is 327 g/mol. The molecule has 0 aliphatic heterocycles. The SMILES string of the molecule is CCNS(=O)(=O)c1cc([N+](=O)[O-])cc(Br)c1F. The average Bonchev–Trinajstić information content (AvgIpc) is 2.21. The first-order valence-corrected chi connectivity index (χ1v) is 6.70. The van der Waals surface area contributed by atoms with Crippen LogP contribution in [-0.2, 0) is 10.0 Å². The van der Waals surface area contributed by atoms with Gasteiger partial charge >= 0.3 is 0 Å². The monoisotopic (exact) mass is 326 g/mol. The quantitative estimate of drug-likeness (QED) is 0.674. The van der Waals surface area contributed by atoms with Crippen LogP contribution >= 0.6 is 15.9 Å². The zero-order valence-electron chi connectivity index (χ0n) is 8.61. The number of nitro benzene ring substituents is 1. The van der Waals surface area contributed by atoms with Gasteiger partial charge in [0.25, 0.3) is 5.69 Å². The number of rotatable bonds is 4. The maximum Gasteiger partial charge on any atom is 0.272 e. The van der Waals surface area contributed by atoms with Crippen LogP contribution in [0.25, 0.3) is 0 Å². The Morgan fingerprint density at radius 1 is 1.53 bits per heavy atom. The topological polar surface area (TPSA) is 89.3 Å². The number of hydrogen-bond acceptors (Lipinski definition) is 4. The normalized spacial score (nSPS) is 11.5. The minimum Gasteiger partial charge on any atom is -0.258 e. The minimum atomic E-state index is -4.08. The molecule has 17 heavy (non-hydrogen) atoms. The molecule has 6 nitrogen and oxygen atoms in total. The minimum absolute atomic E-state index is 0.0576. The molecule has 0 fully saturated rings. The summed E-state index contributed by atoms with van der Waals surface area (Å²) in [7, 11) is -4.08. The molecule has 1 aromatic carbocycles. The largest absolute Gasteiger partial charge is 0.272 e. The maximum absolute atomic E-state index is 13.6. The van der Waals surface area contributed by atoms with Crippen LogP contribution in [0.5, 0.6) is 0 Å². The van der Waals surface area contributed by atoms with Gasteiger partial charge in [-0.25, -0.2) is 17.5 Å². The van der Waals surface area contributed by atoms with Gasteiger partial charge in [0.1, 0.15) is 4.90 Å². The molecule has 0 unspecified atom stereocenters. The molecule has 0 aliphatic rings. The molecule has 0 radical (unpaired) electrons. The van der Waals surface area contributed by atoms with Gasteiger partial charge in [0.05, 0.1) is 9.40 Å². The zero-order valence-corrected chi connectivity index (χ0v) is 11.0. The highest BCUT2D eigenvalue weighted by Crippen LogP contribution is 2.28. The number of nitrogens with zero attached hydrogens (tertiary/aromatic N) is 1. The fourth-order valence-corrected chi connectivity index (χ4v) is 2.86. The standard InChI is InChI=1S/C8H8BrFN2O4S/c1-2-11-17(15,16)7-4-5(12(13)14)3-6(9)8(7)10/h3-4,11H,2H2,1H3. The van der Waals surface area contributed by atoms with Crippen molar-refractivity contribution in [3.05, 3.63) is 32.5 Å². The molecule has 94 valence electrons. The lowest BCUT2D eigenvalue weighted by Gasteiger charge is -2.06. The molecule has 0 amide bonds. The van der Waals surface area contributed by atoms with Crippen LogP contribution in [0.1, 0.15) is 6.92 Å². The molecule has 1 rings (SSSR count). The second-order valence-corrected chi connectivity index (χ2v) is 5.59. The lowest BCUT2D eigenvalue weighted by atomic mass is 10.3. The second-order valence-electron chi connectivity index (χ2n) is 3.00. The summed E-state index contributed by atoms with van der Waals surface area (Å²) in [5.74, 6) is -1.06. The van der Waals surface area contributed by atoms with Gasteiger partial charge in [-0.15, -0.1) is 0 Å². The Bertz CT molecular complexity index is 561. The molecule has 0 atom stereocenters. The Balaban J connectivity index is 3.48. The Hall–Kier alpha value is -1.06. The summed E-state index contributed by atoms with van der Waals surface area (Å²) in [5, 5.41) is 10.5. The Kier molecular flexibility index (Phi) is 4.17. The van der Waals surface area contributed by atoms with Crippen LogP contribution in [0, 0.1) is 15.9 Å². The zero-order chi connectivity index (χ0) is 13.2. The summed E-state index contributed by atoms with van der Waals surface area (Å²) < 4.78 is 38.5. The summed E-state index contributed by atoms with van der Waals surface area (Å²) in [6.07, 6.45) is 0. The van der Waals surface area contributed by atoms with Crippen molar-refractivity contribution in [3.8, 4) is 0 Å². The summed E-state index contributed by atoms with van der Waals surface area (Å²) in [6.45, 7) is 1.57. The Morgan fingerprint density at radius 2 is 2.12 bits per heavy atom. The summed E-state index contributed by atoms with van der Waals surface area (Å²) in [5.41, 5.74) is -0.505. The number of nitrogens with one attached hydrogen (secondary N) is 1. The van der Waals surface area contributed by atoms with E-state index in [2.05, 4.69) is 20.7 Å². The van der Waals surface area contributed by atoms with E-state index in [-0.39, 0.29) is 11.0 Å². The summed E-state index contributed by atoms with van der Waals surface area (Å²) >= 11 is 2.74. The number of non-ortho nitro benzene ring substituents is 1. The summed E-state index contributed by atoms with van der Waals surface area (Å²) in [4.78, 5) is 9.00. The molecule has 0 aliphatic carbocycles. The maximum atomic E-state index is 13.6. The highest BCUT2D eigenvalue weighted by molar-refractivity contribution is 9.10. The van der Waals surface area contributed by atoms with Crippen molar-refractivity contribution < 1.29 is 17.7 Å². The highest BCUT2D eigenvalue weighted by Gasteiger charge is 2.24. The van der Waals surface area contributed by atoms with Crippen molar-refractivity contribution in [1.29, 1.82) is 0 Å². The fraction of sp³-hybridized carbons (Fsp3) is 0.250. The molecular weight excluding hydrogens is 319 g/mol. The van der Waals surface area contributed by atoms with Gasteiger partial charge < -0.3 is 0 Å². The van der Waals surface area contributed by atoms with Gasteiger partial charge in [-0.2, -0.15) is 0 Å². The molecule has 1 aromatic rings. The lowest BCUT2D eigenvalue weighted by Crippen LogP contribution is -2.24. The van der Waals surface area contributed by atoms with E-state index in [1.807, 2.05) is 0 Å². The third-order valence-electron chi connectivity index (χ3n) is 1.81. The highest BCUT2D eigenvalue weighted by atomic mass is 79.9. The fourth-order valence-electron chi connectivity index (χ4n) is 1.12. The van der Waals surface area contributed by atoms with Gasteiger partial charge in [-0.05, 0) is 15.9 Å². The molecule has 0 aromatic heterocycles. The third-order valence-corrected chi connectivity index (χ3v) is 3.94. The number of benzene rings is 1. The van der Waals surface area contributed by atoms with Crippen LogP contribution in [0.4, 0.5) is 10.1 Å². The molecule has 9 heteroatoms. The number of hydrogen-bond donors (Lipinski definition) is 1. The molecular formula is C8H8BrFN2O4S. The van der Waals surface area contributed by atoms with Crippen LogP contribution in [0.2, 0.25) is 0 Å². The van der Waals surface area contributed by atoms with E-state index in [1.165, 1.54) is 6.92 Å². The number of nitro groups is 1. The van der Waals surface area contributed by atoms with E-state index >= 15 is 0 Å². The van der Waals surface area contributed by atoms with Crippen LogP contribution in [-0.4, -0.2) is 19.9 Å². The van der Waals surface area contributed by atoms with Crippen molar-refractivity contribution in [1.82, 2.24) is 4.72 Å². The molecule has 0 bridgehead atoms. The first kappa shape index (κ1) is 14.0. The Morgan fingerprint density at radius 3 is 2.59 bits per heavy atom. The van der Waals surface area contributed by atoms with E-state index in [4.69, 9.17) is 0 Å². The Labute approximate surface area is 105 Å². The smallest absolute Gasteiger partial charge is 0.258 e. The molecule has 0 heterocycles. The van der Waals surface area contributed by atoms with Crippen molar-refractivity contribution in [2.24, 2.45) is 0 Å². The van der Waals surface area contributed by atoms with Crippen LogP contribution in [0.15, 0.2) is 21.5 Å². The van der Waals surface area contributed by atoms with Crippen molar-refractivity contribution >= 4 is 31.6 Å². The molecule has 0 saturated heterocycles. The van der Waals surface area contributed by atoms with Gasteiger partial charge in [0, 0.05) is 18.7 Å². The third kappa shape index (κ3) is 2.99. The molecule has 0 spiro atoms. The summed E-state index contributed by atoms with van der Waals surface area (Å²) in [6, 6.07) is 1.58. The van der Waals surface area contributed by atoms with Gasteiger partial charge in [0.15, 0.2) is 5.82 Å². The predicted octanol–water partition coefficient (Wildman–Crippen LogP) is 1.79. The van der Waals surface area contributed by atoms with Crippen molar-refractivity contribution in [2.45, 2.75) is 11.8 Å².